The van der Waals surface area contributed by atoms with E-state index in [4.69, 9.17) is 9.15 Å². The summed E-state index contributed by atoms with van der Waals surface area (Å²) in [6, 6.07) is 5.65. The summed E-state index contributed by atoms with van der Waals surface area (Å²) in [5.41, 5.74) is 0.932. The van der Waals surface area contributed by atoms with Crippen molar-refractivity contribution in [3.8, 4) is 5.95 Å². The standard InChI is InChI=1S/C18H23IO3/c1-5-7-13-16(20)14-11-12(19)8-9-15(14)21-17(13)22-18(3,4)10-6-2/h8-9,11H,5-7,10H2,1-4H3. The van der Waals surface area contributed by atoms with Crippen LogP contribution in [0.4, 0.5) is 0 Å². The van der Waals surface area contributed by atoms with Gasteiger partial charge in [0.2, 0.25) is 0 Å². The molecule has 0 radical (unpaired) electrons. The molecular weight excluding hydrogens is 391 g/mol. The van der Waals surface area contributed by atoms with Gasteiger partial charge < -0.3 is 9.15 Å². The number of rotatable bonds is 6. The second kappa shape index (κ2) is 7.02. The molecule has 0 N–H and O–H groups in total. The van der Waals surface area contributed by atoms with Crippen LogP contribution in [0.2, 0.25) is 0 Å². The fraction of sp³-hybridized carbons (Fsp3) is 0.500. The Morgan fingerprint density at radius 3 is 2.59 bits per heavy atom. The number of hydrogen-bond donors (Lipinski definition) is 0. The first-order valence-corrected chi connectivity index (χ1v) is 8.90. The van der Waals surface area contributed by atoms with Gasteiger partial charge >= 0.3 is 0 Å². The Morgan fingerprint density at radius 2 is 1.95 bits per heavy atom. The molecule has 0 fully saturated rings. The first-order valence-electron chi connectivity index (χ1n) is 7.82. The quantitative estimate of drug-likeness (QED) is 0.602. The number of fused-ring (bicyclic) bond motifs is 1. The van der Waals surface area contributed by atoms with Crippen molar-refractivity contribution in [3.05, 3.63) is 37.6 Å². The average molecular weight is 414 g/mol. The fourth-order valence-electron chi connectivity index (χ4n) is 2.64. The Kier molecular flexibility index (Phi) is 5.53. The predicted molar refractivity (Wildman–Crippen MR) is 98.8 cm³/mol. The van der Waals surface area contributed by atoms with Crippen LogP contribution in [0, 0.1) is 3.57 Å². The van der Waals surface area contributed by atoms with Gasteiger partial charge in [0.25, 0.3) is 5.95 Å². The number of benzene rings is 1. The second-order valence-corrected chi connectivity index (χ2v) is 7.45. The first-order chi connectivity index (χ1) is 10.4. The van der Waals surface area contributed by atoms with Crippen LogP contribution >= 0.6 is 22.6 Å². The first kappa shape index (κ1) is 17.3. The lowest BCUT2D eigenvalue weighted by Crippen LogP contribution is -2.29. The van der Waals surface area contributed by atoms with Crippen LogP contribution in [0.1, 0.15) is 52.5 Å². The van der Waals surface area contributed by atoms with Crippen molar-refractivity contribution in [3.63, 3.8) is 0 Å². The Bertz CT molecular complexity index is 716. The lowest BCUT2D eigenvalue weighted by Gasteiger charge is -2.26. The SMILES string of the molecule is CCCc1c(OC(C)(C)CCC)oc2ccc(I)cc2c1=O. The zero-order chi connectivity index (χ0) is 16.3. The summed E-state index contributed by atoms with van der Waals surface area (Å²) in [5.74, 6) is 0.388. The van der Waals surface area contributed by atoms with Gasteiger partial charge in [-0.1, -0.05) is 26.7 Å². The monoisotopic (exact) mass is 414 g/mol. The zero-order valence-electron chi connectivity index (χ0n) is 13.7. The Balaban J connectivity index is 2.59. The maximum Gasteiger partial charge on any atom is 0.292 e. The molecule has 0 aliphatic carbocycles. The van der Waals surface area contributed by atoms with Crippen molar-refractivity contribution in [2.24, 2.45) is 0 Å². The topological polar surface area (TPSA) is 39.4 Å². The molecule has 0 spiro atoms. The second-order valence-electron chi connectivity index (χ2n) is 6.20. The van der Waals surface area contributed by atoms with E-state index in [2.05, 4.69) is 36.4 Å². The van der Waals surface area contributed by atoms with Crippen LogP contribution < -0.4 is 10.2 Å². The maximum absolute atomic E-state index is 12.8. The van der Waals surface area contributed by atoms with Gasteiger partial charge in [-0.2, -0.15) is 0 Å². The largest absolute Gasteiger partial charge is 0.459 e. The van der Waals surface area contributed by atoms with E-state index < -0.39 is 0 Å². The minimum absolute atomic E-state index is 0.0314. The normalized spacial score (nSPS) is 11.9. The fourth-order valence-corrected chi connectivity index (χ4v) is 3.13. The molecule has 0 saturated heterocycles. The highest BCUT2D eigenvalue weighted by Crippen LogP contribution is 2.29. The van der Waals surface area contributed by atoms with E-state index in [1.54, 1.807) is 0 Å². The highest BCUT2D eigenvalue weighted by atomic mass is 127. The van der Waals surface area contributed by atoms with Crippen molar-refractivity contribution >= 4 is 33.6 Å². The van der Waals surface area contributed by atoms with E-state index in [1.165, 1.54) is 0 Å². The van der Waals surface area contributed by atoms with E-state index >= 15 is 0 Å². The van der Waals surface area contributed by atoms with Crippen LogP contribution in [-0.2, 0) is 6.42 Å². The lowest BCUT2D eigenvalue weighted by atomic mass is 10.0. The van der Waals surface area contributed by atoms with Gasteiger partial charge in [0, 0.05) is 3.57 Å². The molecule has 0 atom stereocenters. The molecule has 2 rings (SSSR count). The van der Waals surface area contributed by atoms with Gasteiger partial charge in [-0.05, 0) is 67.5 Å². The molecule has 2 aromatic rings. The summed E-state index contributed by atoms with van der Waals surface area (Å²) >= 11 is 2.21. The molecular formula is C18H23IO3. The van der Waals surface area contributed by atoms with Crippen LogP contribution in [-0.4, -0.2) is 5.60 Å². The van der Waals surface area contributed by atoms with E-state index in [1.807, 2.05) is 32.0 Å². The van der Waals surface area contributed by atoms with Crippen LogP contribution in [0.5, 0.6) is 5.95 Å². The van der Waals surface area contributed by atoms with Crippen molar-refractivity contribution in [2.75, 3.05) is 0 Å². The van der Waals surface area contributed by atoms with Gasteiger partial charge in [-0.15, -0.1) is 0 Å². The summed E-state index contributed by atoms with van der Waals surface area (Å²) in [6.07, 6.45) is 3.48. The third-order valence-corrected chi connectivity index (χ3v) is 4.30. The van der Waals surface area contributed by atoms with Crippen molar-refractivity contribution < 1.29 is 9.15 Å². The van der Waals surface area contributed by atoms with E-state index in [9.17, 15) is 4.79 Å². The summed E-state index contributed by atoms with van der Waals surface area (Å²) in [7, 11) is 0. The minimum atomic E-state index is -0.343. The van der Waals surface area contributed by atoms with E-state index in [-0.39, 0.29) is 11.0 Å². The molecule has 4 heteroatoms. The van der Waals surface area contributed by atoms with Gasteiger partial charge in [0.05, 0.1) is 10.9 Å². The molecule has 22 heavy (non-hydrogen) atoms. The zero-order valence-corrected chi connectivity index (χ0v) is 15.8. The highest BCUT2D eigenvalue weighted by molar-refractivity contribution is 14.1. The third kappa shape index (κ3) is 3.83. The molecule has 0 amide bonds. The maximum atomic E-state index is 12.8. The summed E-state index contributed by atoms with van der Waals surface area (Å²) < 4.78 is 13.0. The molecule has 0 aliphatic heterocycles. The third-order valence-electron chi connectivity index (χ3n) is 3.63. The highest BCUT2D eigenvalue weighted by Gasteiger charge is 2.24. The van der Waals surface area contributed by atoms with Gasteiger partial charge in [-0.25, -0.2) is 0 Å². The molecule has 1 aromatic carbocycles. The molecule has 3 nitrogen and oxygen atoms in total. The van der Waals surface area contributed by atoms with Crippen molar-refractivity contribution in [2.45, 2.75) is 59.0 Å². The Morgan fingerprint density at radius 1 is 1.23 bits per heavy atom. The molecule has 0 unspecified atom stereocenters. The van der Waals surface area contributed by atoms with Gasteiger partial charge in [0.1, 0.15) is 11.2 Å². The lowest BCUT2D eigenvalue weighted by molar-refractivity contribution is 0.0671. The summed E-state index contributed by atoms with van der Waals surface area (Å²) in [4.78, 5) is 12.8. The van der Waals surface area contributed by atoms with Crippen LogP contribution in [0.15, 0.2) is 27.4 Å². The van der Waals surface area contributed by atoms with Crippen molar-refractivity contribution in [1.82, 2.24) is 0 Å². The Hall–Kier alpha value is -1.04. The molecule has 0 aliphatic rings. The molecule has 1 aromatic heterocycles. The number of halogens is 1. The smallest absolute Gasteiger partial charge is 0.292 e. The predicted octanol–water partition coefficient (Wildman–Crippen LogP) is 5.31. The molecule has 0 saturated carbocycles. The summed E-state index contributed by atoms with van der Waals surface area (Å²) in [5, 5.41) is 0.635. The molecule has 1 heterocycles. The number of hydrogen-bond acceptors (Lipinski definition) is 3. The van der Waals surface area contributed by atoms with Crippen LogP contribution in [0.25, 0.3) is 11.0 Å². The number of ether oxygens (including phenoxy) is 1. The minimum Gasteiger partial charge on any atom is -0.459 e. The molecule has 120 valence electrons. The Labute approximate surface area is 145 Å². The molecule has 0 bridgehead atoms. The average Bonchev–Trinajstić information content (AvgIpc) is 2.43. The van der Waals surface area contributed by atoms with E-state index in [0.29, 0.717) is 28.9 Å². The van der Waals surface area contributed by atoms with Crippen LogP contribution in [0.3, 0.4) is 0 Å². The van der Waals surface area contributed by atoms with Gasteiger partial charge in [-0.3, -0.25) is 4.79 Å². The summed E-state index contributed by atoms with van der Waals surface area (Å²) in [6.45, 7) is 8.24. The van der Waals surface area contributed by atoms with Crippen molar-refractivity contribution in [1.29, 1.82) is 0 Å². The van der Waals surface area contributed by atoms with Gasteiger partial charge in [0.15, 0.2) is 5.43 Å². The van der Waals surface area contributed by atoms with E-state index in [0.717, 1.165) is 22.8 Å².